The predicted molar refractivity (Wildman–Crippen MR) is 127 cm³/mol. The number of halogens is 2. The number of fused-ring (bicyclic) bond motifs is 2. The van der Waals surface area contributed by atoms with E-state index in [1.54, 1.807) is 21.1 Å². The quantitative estimate of drug-likeness (QED) is 0.251. The Morgan fingerprint density at radius 3 is 2.48 bits per heavy atom. The molecule has 1 N–H and O–H groups in total. The van der Waals surface area contributed by atoms with Crippen LogP contribution in [0, 0.1) is 5.82 Å². The summed E-state index contributed by atoms with van der Waals surface area (Å²) in [5.41, 5.74) is 0.841. The third-order valence-electron chi connectivity index (χ3n) is 4.57. The first kappa shape index (κ1) is 23.3. The fourth-order valence-corrected chi connectivity index (χ4v) is 3.95. The molecule has 2 aromatic carbocycles. The molecule has 0 spiro atoms. The van der Waals surface area contributed by atoms with Gasteiger partial charge in [-0.05, 0) is 51.0 Å². The first-order valence-corrected chi connectivity index (χ1v) is 13.2. The number of aromatic hydroxyl groups is 1. The van der Waals surface area contributed by atoms with Crippen LogP contribution in [0.1, 0.15) is 40.1 Å². The number of pyridine rings is 1. The Kier molecular flexibility index (Phi) is 7.71. The molecule has 3 aromatic rings. The van der Waals surface area contributed by atoms with Crippen LogP contribution in [0.15, 0.2) is 42.6 Å². The molecule has 162 valence electrons. The lowest BCUT2D eigenvalue weighted by molar-refractivity contribution is 0.0640. The Morgan fingerprint density at radius 1 is 1.13 bits per heavy atom. The number of phenolic OH excluding ortho intramolecular Hbond substituents is 1. The molecule has 1 aromatic heterocycles. The van der Waals surface area contributed by atoms with Crippen molar-refractivity contribution in [2.45, 2.75) is 20.4 Å². The second-order valence-electron chi connectivity index (χ2n) is 6.31. The molecule has 2 heterocycles. The number of benzene rings is 2. The zero-order valence-corrected chi connectivity index (χ0v) is 19.9. The summed E-state index contributed by atoms with van der Waals surface area (Å²) in [7, 11) is 1.55. The molecule has 31 heavy (non-hydrogen) atoms. The number of ether oxygens (including phenoxy) is 1. The van der Waals surface area contributed by atoms with Gasteiger partial charge >= 0.3 is 0 Å². The largest absolute Gasteiger partial charge is 0.506 e. The van der Waals surface area contributed by atoms with Crippen LogP contribution in [-0.2, 0) is 6.54 Å². The molecule has 0 bridgehead atoms. The summed E-state index contributed by atoms with van der Waals surface area (Å²) in [5.74, 6) is -1.03. The average molecular weight is 554 g/mol. The van der Waals surface area contributed by atoms with Gasteiger partial charge in [0.15, 0.2) is 5.75 Å². The zero-order chi connectivity index (χ0) is 22.5. The summed E-state index contributed by atoms with van der Waals surface area (Å²) in [4.78, 5) is 31.4. The van der Waals surface area contributed by atoms with Crippen molar-refractivity contribution >= 4 is 52.9 Å². The van der Waals surface area contributed by atoms with Gasteiger partial charge in [-0.25, -0.2) is 4.39 Å². The summed E-state index contributed by atoms with van der Waals surface area (Å²) >= 11 is 2.14. The van der Waals surface area contributed by atoms with Gasteiger partial charge in [-0.15, -0.1) is 0 Å². The van der Waals surface area contributed by atoms with Crippen LogP contribution in [0.4, 0.5) is 4.39 Å². The first-order chi connectivity index (χ1) is 15.0. The normalized spacial score (nSPS) is 12.6. The number of carbonyl (C=O) groups is 2. The van der Waals surface area contributed by atoms with E-state index in [0.29, 0.717) is 28.8 Å². The summed E-state index contributed by atoms with van der Waals surface area (Å²) < 4.78 is 19.0. The maximum Gasteiger partial charge on any atom is 0.265 e. The molecule has 4 rings (SSSR count). The van der Waals surface area contributed by atoms with Crippen molar-refractivity contribution in [3.8, 4) is 11.5 Å². The van der Waals surface area contributed by atoms with Crippen molar-refractivity contribution < 1.29 is 23.8 Å². The van der Waals surface area contributed by atoms with E-state index in [2.05, 4.69) is 26.2 Å². The SMILES string of the molecule is CC.O=C1c2c(c(OCCSI)c3ncccc3c2O)C(=O)N1Cc1ccc(F)cc1. The van der Waals surface area contributed by atoms with Gasteiger partial charge in [-0.3, -0.25) is 19.5 Å². The standard InChI is InChI=1S/C20H14FIN2O4S.C2H6/c21-12-5-3-11(4-6-12)10-24-19(26)14-15(20(24)27)18(28-8-9-29-22)16-13(17(14)25)2-1-7-23-16;1-2/h1-7,25H,8-10H2;1-2H3. The molecule has 0 unspecified atom stereocenters. The van der Waals surface area contributed by atoms with Crippen LogP contribution in [-0.4, -0.2) is 39.2 Å². The van der Waals surface area contributed by atoms with Gasteiger partial charge < -0.3 is 9.84 Å². The molecule has 0 atom stereocenters. The highest BCUT2D eigenvalue weighted by atomic mass is 127. The topological polar surface area (TPSA) is 79.7 Å². The van der Waals surface area contributed by atoms with E-state index in [4.69, 9.17) is 4.74 Å². The van der Waals surface area contributed by atoms with Gasteiger partial charge in [0.2, 0.25) is 0 Å². The molecule has 6 nitrogen and oxygen atoms in total. The van der Waals surface area contributed by atoms with E-state index < -0.39 is 17.6 Å². The maximum absolute atomic E-state index is 13.2. The number of carbonyl (C=O) groups excluding carboxylic acids is 2. The van der Waals surface area contributed by atoms with Gasteiger partial charge in [0, 0.05) is 17.3 Å². The van der Waals surface area contributed by atoms with E-state index >= 15 is 0 Å². The molecule has 0 fully saturated rings. The van der Waals surface area contributed by atoms with Crippen molar-refractivity contribution in [3.05, 3.63) is 65.1 Å². The molecule has 1 aliphatic heterocycles. The third kappa shape index (κ3) is 4.47. The molecule has 9 heteroatoms. The first-order valence-electron chi connectivity index (χ1n) is 9.63. The van der Waals surface area contributed by atoms with E-state index in [-0.39, 0.29) is 29.2 Å². The summed E-state index contributed by atoms with van der Waals surface area (Å²) in [6.07, 6.45) is 1.53. The molecule has 0 aliphatic carbocycles. The van der Waals surface area contributed by atoms with E-state index in [9.17, 15) is 19.1 Å². The highest BCUT2D eigenvalue weighted by molar-refractivity contribution is 14.2. The highest BCUT2D eigenvalue weighted by Crippen LogP contribution is 2.44. The van der Waals surface area contributed by atoms with E-state index in [1.807, 2.05) is 13.8 Å². The predicted octanol–water partition coefficient (Wildman–Crippen LogP) is 5.36. The monoisotopic (exact) mass is 554 g/mol. The second kappa shape index (κ2) is 10.3. The molecule has 2 amide bonds. The van der Waals surface area contributed by atoms with Crippen molar-refractivity contribution in [1.82, 2.24) is 9.88 Å². The number of hydrogen-bond acceptors (Lipinski definition) is 6. The van der Waals surface area contributed by atoms with Crippen molar-refractivity contribution in [1.29, 1.82) is 0 Å². The minimum absolute atomic E-state index is 0.0132. The zero-order valence-electron chi connectivity index (χ0n) is 16.9. The Hall–Kier alpha value is -2.40. The van der Waals surface area contributed by atoms with E-state index in [0.717, 1.165) is 4.90 Å². The van der Waals surface area contributed by atoms with Crippen LogP contribution in [0.5, 0.6) is 11.5 Å². The number of amides is 2. The lowest BCUT2D eigenvalue weighted by Crippen LogP contribution is -2.29. The Bertz CT molecular complexity index is 1120. The maximum atomic E-state index is 13.2. The van der Waals surface area contributed by atoms with Crippen LogP contribution < -0.4 is 4.74 Å². The number of imide groups is 1. The molecule has 0 saturated carbocycles. The van der Waals surface area contributed by atoms with Crippen molar-refractivity contribution in [3.63, 3.8) is 0 Å². The Labute approximate surface area is 195 Å². The number of aromatic nitrogens is 1. The second-order valence-corrected chi connectivity index (χ2v) is 8.81. The van der Waals surface area contributed by atoms with Crippen molar-refractivity contribution in [2.75, 3.05) is 12.4 Å². The smallest absolute Gasteiger partial charge is 0.265 e. The minimum Gasteiger partial charge on any atom is -0.506 e. The summed E-state index contributed by atoms with van der Waals surface area (Å²) in [6, 6.07) is 8.80. The lowest BCUT2D eigenvalue weighted by atomic mass is 10.0. The summed E-state index contributed by atoms with van der Waals surface area (Å²) in [6.45, 7) is 4.27. The lowest BCUT2D eigenvalue weighted by Gasteiger charge is -2.14. The third-order valence-corrected chi connectivity index (χ3v) is 6.21. The molecular weight excluding hydrogens is 534 g/mol. The number of phenols is 1. The van der Waals surface area contributed by atoms with Gasteiger partial charge in [0.1, 0.15) is 22.6 Å². The van der Waals surface area contributed by atoms with Crippen LogP contribution in [0.3, 0.4) is 0 Å². The number of hydrogen-bond donors (Lipinski definition) is 1. The highest BCUT2D eigenvalue weighted by Gasteiger charge is 2.42. The fraction of sp³-hybridized carbons (Fsp3) is 0.227. The van der Waals surface area contributed by atoms with Crippen LogP contribution >= 0.6 is 30.1 Å². The van der Waals surface area contributed by atoms with Gasteiger partial charge in [-0.1, -0.05) is 34.9 Å². The molecule has 1 aliphatic rings. The van der Waals surface area contributed by atoms with Gasteiger partial charge in [-0.2, -0.15) is 0 Å². The molecular formula is C22H20FIN2O4S. The van der Waals surface area contributed by atoms with Gasteiger partial charge in [0.05, 0.1) is 18.7 Å². The Morgan fingerprint density at radius 2 is 1.81 bits per heavy atom. The van der Waals surface area contributed by atoms with Gasteiger partial charge in [0.25, 0.3) is 11.8 Å². The average Bonchev–Trinajstić information content (AvgIpc) is 3.04. The van der Waals surface area contributed by atoms with Crippen LogP contribution in [0.2, 0.25) is 0 Å². The van der Waals surface area contributed by atoms with Crippen molar-refractivity contribution in [2.24, 2.45) is 0 Å². The van der Waals surface area contributed by atoms with E-state index in [1.165, 1.54) is 30.5 Å². The minimum atomic E-state index is -0.620. The van der Waals surface area contributed by atoms with Crippen LogP contribution in [0.25, 0.3) is 10.9 Å². The number of nitrogens with zero attached hydrogens (tertiary/aromatic N) is 2. The molecule has 0 saturated heterocycles. The summed E-state index contributed by atoms with van der Waals surface area (Å²) in [5, 5.41) is 11.1. The number of rotatable bonds is 6. The Balaban J connectivity index is 0.00000132. The molecule has 0 radical (unpaired) electrons. The fourth-order valence-electron chi connectivity index (χ4n) is 3.27.